The quantitative estimate of drug-likeness (QED) is 0.865. The van der Waals surface area contributed by atoms with Gasteiger partial charge in [0.1, 0.15) is 0 Å². The van der Waals surface area contributed by atoms with Gasteiger partial charge in [-0.15, -0.1) is 0 Å². The monoisotopic (exact) mass is 345 g/mol. The molecule has 0 radical (unpaired) electrons. The molecule has 0 spiro atoms. The molecule has 6 nitrogen and oxygen atoms in total. The number of amides is 3. The van der Waals surface area contributed by atoms with Crippen LogP contribution in [0.2, 0.25) is 0 Å². The summed E-state index contributed by atoms with van der Waals surface area (Å²) in [6.07, 6.45) is 1.17. The first-order valence-corrected chi connectivity index (χ1v) is 8.64. The topological polar surface area (TPSA) is 92.5 Å². The molecule has 2 rings (SSSR count). The van der Waals surface area contributed by atoms with Gasteiger partial charge >= 0.3 is 0 Å². The summed E-state index contributed by atoms with van der Waals surface area (Å²) in [5.74, 6) is -0.859. The molecule has 3 amide bonds. The van der Waals surface area contributed by atoms with Crippen molar-refractivity contribution in [1.29, 1.82) is 0 Å². The van der Waals surface area contributed by atoms with Gasteiger partial charge in [-0.3, -0.25) is 14.4 Å². The fraction of sp³-hybridized carbons (Fsp3) is 0.526. The van der Waals surface area contributed by atoms with Crippen molar-refractivity contribution in [2.45, 2.75) is 39.0 Å². The van der Waals surface area contributed by atoms with E-state index in [2.05, 4.69) is 26.1 Å². The van der Waals surface area contributed by atoms with Crippen LogP contribution in [-0.4, -0.2) is 42.3 Å². The van der Waals surface area contributed by atoms with Gasteiger partial charge in [-0.05, 0) is 36.0 Å². The number of carbonyl (C=O) groups is 3. The van der Waals surface area contributed by atoms with Crippen LogP contribution in [0.25, 0.3) is 0 Å². The van der Waals surface area contributed by atoms with Crippen LogP contribution < -0.4 is 11.1 Å². The lowest BCUT2D eigenvalue weighted by Crippen LogP contribution is -2.45. The molecule has 1 heterocycles. The third-order valence-corrected chi connectivity index (χ3v) is 4.66. The van der Waals surface area contributed by atoms with Crippen molar-refractivity contribution in [3.63, 3.8) is 0 Å². The average Bonchev–Trinajstić information content (AvgIpc) is 2.58. The van der Waals surface area contributed by atoms with Gasteiger partial charge in [0.25, 0.3) is 5.91 Å². The smallest absolute Gasteiger partial charge is 0.251 e. The number of benzene rings is 1. The molecular formula is C19H27N3O3. The van der Waals surface area contributed by atoms with E-state index in [0.29, 0.717) is 31.5 Å². The lowest BCUT2D eigenvalue weighted by Gasteiger charge is -2.30. The first kappa shape index (κ1) is 19.0. The minimum Gasteiger partial charge on any atom is -0.369 e. The van der Waals surface area contributed by atoms with Gasteiger partial charge < -0.3 is 16.0 Å². The van der Waals surface area contributed by atoms with Crippen LogP contribution in [0.15, 0.2) is 24.3 Å². The highest BCUT2D eigenvalue weighted by Gasteiger charge is 2.26. The third-order valence-electron chi connectivity index (χ3n) is 4.66. The fourth-order valence-corrected chi connectivity index (χ4v) is 2.90. The first-order chi connectivity index (χ1) is 11.7. The fourth-order valence-electron chi connectivity index (χ4n) is 2.90. The van der Waals surface area contributed by atoms with E-state index in [1.807, 2.05) is 12.1 Å². The summed E-state index contributed by atoms with van der Waals surface area (Å²) in [6.45, 7) is 7.30. The molecule has 0 unspecified atom stereocenters. The Morgan fingerprint density at radius 3 is 2.16 bits per heavy atom. The van der Waals surface area contributed by atoms with Gasteiger partial charge in [-0.1, -0.05) is 32.9 Å². The Balaban J connectivity index is 1.83. The summed E-state index contributed by atoms with van der Waals surface area (Å²) in [7, 11) is 0. The Morgan fingerprint density at radius 2 is 1.68 bits per heavy atom. The summed E-state index contributed by atoms with van der Waals surface area (Å²) < 4.78 is 0. The standard InChI is InChI=1S/C19H27N3O3/c1-19(2,3)15-6-4-14(5-7-15)18(25)21-12-16(23)22-10-8-13(9-11-22)17(20)24/h4-7,13H,8-12H2,1-3H3,(H2,20,24)(H,21,25). The second-order valence-electron chi connectivity index (χ2n) is 7.57. The molecule has 25 heavy (non-hydrogen) atoms. The van der Waals surface area contributed by atoms with Crippen LogP contribution in [0.1, 0.15) is 49.5 Å². The van der Waals surface area contributed by atoms with Gasteiger partial charge in [0.05, 0.1) is 6.54 Å². The molecule has 1 aliphatic heterocycles. The Bertz CT molecular complexity index is 639. The Hall–Kier alpha value is -2.37. The molecule has 1 saturated heterocycles. The van der Waals surface area contributed by atoms with Gasteiger partial charge in [-0.25, -0.2) is 0 Å². The van der Waals surface area contributed by atoms with E-state index in [1.165, 1.54) is 0 Å². The molecule has 1 aliphatic rings. The predicted molar refractivity (Wildman–Crippen MR) is 96.0 cm³/mol. The number of hydrogen-bond donors (Lipinski definition) is 2. The first-order valence-electron chi connectivity index (χ1n) is 8.64. The van der Waals surface area contributed by atoms with Gasteiger partial charge in [-0.2, -0.15) is 0 Å². The van der Waals surface area contributed by atoms with Crippen LogP contribution in [0.4, 0.5) is 0 Å². The maximum Gasteiger partial charge on any atom is 0.251 e. The summed E-state index contributed by atoms with van der Waals surface area (Å²) >= 11 is 0. The molecule has 136 valence electrons. The van der Waals surface area contributed by atoms with E-state index in [9.17, 15) is 14.4 Å². The van der Waals surface area contributed by atoms with Crippen molar-refractivity contribution in [2.24, 2.45) is 11.7 Å². The van der Waals surface area contributed by atoms with Crippen molar-refractivity contribution in [3.8, 4) is 0 Å². The molecule has 0 saturated carbocycles. The zero-order valence-corrected chi connectivity index (χ0v) is 15.2. The number of nitrogens with one attached hydrogen (secondary N) is 1. The van der Waals surface area contributed by atoms with E-state index >= 15 is 0 Å². The average molecular weight is 345 g/mol. The molecular weight excluding hydrogens is 318 g/mol. The summed E-state index contributed by atoms with van der Waals surface area (Å²) in [6, 6.07) is 7.42. The van der Waals surface area contributed by atoms with E-state index in [0.717, 1.165) is 5.56 Å². The van der Waals surface area contributed by atoms with Crippen molar-refractivity contribution in [1.82, 2.24) is 10.2 Å². The lowest BCUT2D eigenvalue weighted by molar-refractivity contribution is -0.133. The minimum absolute atomic E-state index is 0.0298. The molecule has 6 heteroatoms. The second-order valence-corrected chi connectivity index (χ2v) is 7.57. The molecule has 1 fully saturated rings. The maximum absolute atomic E-state index is 12.2. The van der Waals surface area contributed by atoms with E-state index < -0.39 is 0 Å². The molecule has 1 aromatic carbocycles. The minimum atomic E-state index is -0.306. The number of likely N-dealkylation sites (tertiary alicyclic amines) is 1. The van der Waals surface area contributed by atoms with Crippen molar-refractivity contribution in [2.75, 3.05) is 19.6 Å². The normalized spacial score (nSPS) is 15.7. The van der Waals surface area contributed by atoms with Crippen LogP contribution in [-0.2, 0) is 15.0 Å². The molecule has 0 aliphatic carbocycles. The highest BCUT2D eigenvalue weighted by molar-refractivity contribution is 5.96. The summed E-state index contributed by atoms with van der Waals surface area (Å²) in [5.41, 5.74) is 7.01. The van der Waals surface area contributed by atoms with Crippen molar-refractivity contribution < 1.29 is 14.4 Å². The molecule has 0 aromatic heterocycles. The highest BCUT2D eigenvalue weighted by Crippen LogP contribution is 2.22. The number of piperidine rings is 1. The van der Waals surface area contributed by atoms with Gasteiger partial charge in [0, 0.05) is 24.6 Å². The van der Waals surface area contributed by atoms with Crippen LogP contribution >= 0.6 is 0 Å². The molecule has 1 aromatic rings. The Kier molecular flexibility index (Phi) is 5.82. The Labute approximate surface area is 148 Å². The molecule has 0 bridgehead atoms. The number of primary amides is 1. The van der Waals surface area contributed by atoms with Gasteiger partial charge in [0.15, 0.2) is 0 Å². The number of hydrogen-bond acceptors (Lipinski definition) is 3. The van der Waals surface area contributed by atoms with Crippen molar-refractivity contribution in [3.05, 3.63) is 35.4 Å². The van der Waals surface area contributed by atoms with Crippen LogP contribution in [0.3, 0.4) is 0 Å². The van der Waals surface area contributed by atoms with Crippen LogP contribution in [0, 0.1) is 5.92 Å². The SMILES string of the molecule is CC(C)(C)c1ccc(C(=O)NCC(=O)N2CCC(C(N)=O)CC2)cc1. The number of nitrogens with zero attached hydrogens (tertiary/aromatic N) is 1. The second kappa shape index (κ2) is 7.68. The highest BCUT2D eigenvalue weighted by atomic mass is 16.2. The zero-order valence-electron chi connectivity index (χ0n) is 15.2. The largest absolute Gasteiger partial charge is 0.369 e. The van der Waals surface area contributed by atoms with E-state index in [1.54, 1.807) is 17.0 Å². The van der Waals surface area contributed by atoms with E-state index in [4.69, 9.17) is 5.73 Å². The lowest BCUT2D eigenvalue weighted by atomic mass is 9.87. The number of rotatable bonds is 4. The summed E-state index contributed by atoms with van der Waals surface area (Å²) in [5, 5.41) is 2.67. The summed E-state index contributed by atoms with van der Waals surface area (Å²) in [4.78, 5) is 37.2. The van der Waals surface area contributed by atoms with Crippen molar-refractivity contribution >= 4 is 17.7 Å². The zero-order chi connectivity index (χ0) is 18.6. The molecule has 0 atom stereocenters. The van der Waals surface area contributed by atoms with Crippen LogP contribution in [0.5, 0.6) is 0 Å². The van der Waals surface area contributed by atoms with E-state index in [-0.39, 0.29) is 35.6 Å². The number of carbonyl (C=O) groups excluding carboxylic acids is 3. The van der Waals surface area contributed by atoms with Gasteiger partial charge in [0.2, 0.25) is 11.8 Å². The third kappa shape index (κ3) is 5.05. The number of nitrogens with two attached hydrogens (primary N) is 1. The maximum atomic E-state index is 12.2. The molecule has 3 N–H and O–H groups in total. The predicted octanol–water partition coefficient (Wildman–Crippen LogP) is 1.44. The Morgan fingerprint density at radius 1 is 1.12 bits per heavy atom.